The fourth-order valence-corrected chi connectivity index (χ4v) is 2.32. The van der Waals surface area contributed by atoms with Crippen molar-refractivity contribution in [2.45, 2.75) is 0 Å². The topological polar surface area (TPSA) is 59.9 Å². The number of methoxy groups -OCH3 is 2. The molecular weight excluding hydrogens is 348 g/mol. The van der Waals surface area contributed by atoms with E-state index in [1.807, 2.05) is 12.1 Å². The van der Waals surface area contributed by atoms with Crippen LogP contribution < -0.4 is 14.9 Å². The Morgan fingerprint density at radius 1 is 1.18 bits per heavy atom. The molecule has 0 bridgehead atoms. The minimum absolute atomic E-state index is 0.280. The van der Waals surface area contributed by atoms with Gasteiger partial charge in [-0.15, -0.1) is 0 Å². The Balaban J connectivity index is 2.16. The van der Waals surface area contributed by atoms with Crippen molar-refractivity contribution in [2.75, 3.05) is 14.2 Å². The predicted molar refractivity (Wildman–Crippen MR) is 88.7 cm³/mol. The predicted octanol–water partition coefficient (Wildman–Crippen LogP) is 3.23. The van der Waals surface area contributed by atoms with E-state index in [1.54, 1.807) is 44.6 Å². The average molecular weight is 363 g/mol. The molecule has 0 spiro atoms. The van der Waals surface area contributed by atoms with Gasteiger partial charge in [0.25, 0.3) is 5.91 Å². The molecule has 0 unspecified atom stereocenters. The van der Waals surface area contributed by atoms with Gasteiger partial charge in [0.1, 0.15) is 0 Å². The number of nitrogens with zero attached hydrogens (tertiary/aromatic N) is 1. The van der Waals surface area contributed by atoms with Gasteiger partial charge in [0, 0.05) is 15.6 Å². The molecule has 2 aromatic carbocycles. The first-order valence-corrected chi connectivity index (χ1v) is 7.25. The molecule has 0 fully saturated rings. The number of hydrazone groups is 1. The third-order valence-corrected chi connectivity index (χ3v) is 3.34. The monoisotopic (exact) mass is 362 g/mol. The van der Waals surface area contributed by atoms with Gasteiger partial charge >= 0.3 is 0 Å². The summed E-state index contributed by atoms with van der Waals surface area (Å²) in [7, 11) is 3.11. The number of rotatable bonds is 5. The Labute approximate surface area is 137 Å². The first-order valence-electron chi connectivity index (χ1n) is 6.45. The quantitative estimate of drug-likeness (QED) is 0.656. The van der Waals surface area contributed by atoms with Gasteiger partial charge in [0.05, 0.1) is 20.4 Å². The second kappa shape index (κ2) is 7.61. The van der Waals surface area contributed by atoms with Crippen molar-refractivity contribution >= 4 is 28.1 Å². The lowest BCUT2D eigenvalue weighted by Crippen LogP contribution is -2.17. The highest BCUT2D eigenvalue weighted by molar-refractivity contribution is 9.10. The highest BCUT2D eigenvalue weighted by Gasteiger charge is 2.10. The molecule has 6 heteroatoms. The second-order valence-electron chi connectivity index (χ2n) is 4.30. The normalized spacial score (nSPS) is 10.5. The highest BCUT2D eigenvalue weighted by atomic mass is 79.9. The Hall–Kier alpha value is -2.34. The molecule has 1 amide bonds. The fraction of sp³-hybridized carbons (Fsp3) is 0.125. The van der Waals surface area contributed by atoms with E-state index < -0.39 is 0 Å². The number of benzene rings is 2. The molecule has 0 radical (unpaired) electrons. The van der Waals surface area contributed by atoms with Crippen LogP contribution in [0, 0.1) is 0 Å². The zero-order chi connectivity index (χ0) is 15.9. The summed E-state index contributed by atoms with van der Waals surface area (Å²) in [6.07, 6.45) is 1.51. The van der Waals surface area contributed by atoms with Gasteiger partial charge in [-0.2, -0.15) is 5.10 Å². The van der Waals surface area contributed by atoms with Crippen molar-refractivity contribution in [1.82, 2.24) is 5.43 Å². The third kappa shape index (κ3) is 3.85. The Morgan fingerprint density at radius 2 is 1.91 bits per heavy atom. The van der Waals surface area contributed by atoms with Gasteiger partial charge in [-0.05, 0) is 24.3 Å². The molecule has 2 rings (SSSR count). The van der Waals surface area contributed by atoms with Crippen molar-refractivity contribution in [3.8, 4) is 11.5 Å². The van der Waals surface area contributed by atoms with Crippen LogP contribution >= 0.6 is 15.9 Å². The van der Waals surface area contributed by atoms with E-state index in [4.69, 9.17) is 9.47 Å². The van der Waals surface area contributed by atoms with E-state index in [9.17, 15) is 4.79 Å². The molecule has 0 aromatic heterocycles. The van der Waals surface area contributed by atoms with E-state index >= 15 is 0 Å². The molecule has 0 saturated heterocycles. The summed E-state index contributed by atoms with van der Waals surface area (Å²) in [6, 6.07) is 12.5. The van der Waals surface area contributed by atoms with E-state index in [0.29, 0.717) is 22.6 Å². The maximum atomic E-state index is 11.9. The number of hydrogen-bond acceptors (Lipinski definition) is 4. The summed E-state index contributed by atoms with van der Waals surface area (Å²) in [4.78, 5) is 11.9. The van der Waals surface area contributed by atoms with Gasteiger partial charge < -0.3 is 9.47 Å². The lowest BCUT2D eigenvalue weighted by molar-refractivity contribution is 0.0955. The molecule has 0 aliphatic rings. The molecule has 0 heterocycles. The van der Waals surface area contributed by atoms with Crippen LogP contribution in [0.5, 0.6) is 11.5 Å². The van der Waals surface area contributed by atoms with Gasteiger partial charge in [-0.3, -0.25) is 4.79 Å². The molecule has 0 aliphatic heterocycles. The maximum Gasteiger partial charge on any atom is 0.271 e. The SMILES string of the molecule is COc1cc(Br)cc(/C=N/NC(=O)c2ccccc2)c1OC. The molecule has 2 aromatic rings. The maximum absolute atomic E-state index is 11.9. The lowest BCUT2D eigenvalue weighted by atomic mass is 10.2. The molecule has 5 nitrogen and oxygen atoms in total. The molecule has 0 saturated carbocycles. The van der Waals surface area contributed by atoms with Crippen molar-refractivity contribution in [3.05, 3.63) is 58.1 Å². The summed E-state index contributed by atoms with van der Waals surface area (Å²) in [5.41, 5.74) is 3.70. The van der Waals surface area contributed by atoms with Crippen molar-refractivity contribution < 1.29 is 14.3 Å². The Morgan fingerprint density at radius 3 is 2.55 bits per heavy atom. The van der Waals surface area contributed by atoms with Crippen LogP contribution in [0.3, 0.4) is 0 Å². The minimum Gasteiger partial charge on any atom is -0.493 e. The molecule has 0 atom stereocenters. The number of hydrogen-bond donors (Lipinski definition) is 1. The number of halogens is 1. The van der Waals surface area contributed by atoms with Crippen molar-refractivity contribution in [1.29, 1.82) is 0 Å². The van der Waals surface area contributed by atoms with E-state index in [2.05, 4.69) is 26.5 Å². The van der Waals surface area contributed by atoms with Crippen LogP contribution in [-0.2, 0) is 0 Å². The van der Waals surface area contributed by atoms with Crippen molar-refractivity contribution in [2.24, 2.45) is 5.10 Å². The van der Waals surface area contributed by atoms with Gasteiger partial charge in [0.2, 0.25) is 0 Å². The summed E-state index contributed by atoms with van der Waals surface area (Å²) >= 11 is 3.39. The van der Waals surface area contributed by atoms with Crippen LogP contribution in [0.1, 0.15) is 15.9 Å². The van der Waals surface area contributed by atoms with E-state index in [1.165, 1.54) is 6.21 Å². The molecule has 114 valence electrons. The number of amides is 1. The van der Waals surface area contributed by atoms with Crippen LogP contribution in [0.4, 0.5) is 0 Å². The van der Waals surface area contributed by atoms with Crippen LogP contribution in [-0.4, -0.2) is 26.3 Å². The molecular formula is C16H15BrN2O3. The Bertz CT molecular complexity index is 687. The number of nitrogens with one attached hydrogen (secondary N) is 1. The summed E-state index contributed by atoms with van der Waals surface area (Å²) in [6.45, 7) is 0. The van der Waals surface area contributed by atoms with E-state index in [0.717, 1.165) is 4.47 Å². The first kappa shape index (κ1) is 16.0. The second-order valence-corrected chi connectivity index (χ2v) is 5.21. The Kier molecular flexibility index (Phi) is 5.55. The number of ether oxygens (including phenoxy) is 2. The standard InChI is InChI=1S/C16H15BrN2O3/c1-21-14-9-13(17)8-12(15(14)22-2)10-18-19-16(20)11-6-4-3-5-7-11/h3-10H,1-2H3,(H,19,20)/b18-10+. The fourth-order valence-electron chi connectivity index (χ4n) is 1.87. The largest absolute Gasteiger partial charge is 0.493 e. The minimum atomic E-state index is -0.280. The summed E-state index contributed by atoms with van der Waals surface area (Å²) in [5.74, 6) is 0.842. The van der Waals surface area contributed by atoms with E-state index in [-0.39, 0.29) is 5.91 Å². The number of carbonyl (C=O) groups excluding carboxylic acids is 1. The average Bonchev–Trinajstić information content (AvgIpc) is 2.55. The molecule has 22 heavy (non-hydrogen) atoms. The van der Waals surface area contributed by atoms with Crippen LogP contribution in [0.2, 0.25) is 0 Å². The number of carbonyl (C=O) groups is 1. The van der Waals surface area contributed by atoms with Gasteiger partial charge in [0.15, 0.2) is 11.5 Å². The van der Waals surface area contributed by atoms with Crippen LogP contribution in [0.25, 0.3) is 0 Å². The first-order chi connectivity index (χ1) is 10.7. The summed E-state index contributed by atoms with van der Waals surface area (Å²) < 4.78 is 11.4. The molecule has 0 aliphatic carbocycles. The van der Waals surface area contributed by atoms with Crippen LogP contribution in [0.15, 0.2) is 52.0 Å². The zero-order valence-electron chi connectivity index (χ0n) is 12.2. The smallest absolute Gasteiger partial charge is 0.271 e. The lowest BCUT2D eigenvalue weighted by Gasteiger charge is -2.10. The zero-order valence-corrected chi connectivity index (χ0v) is 13.8. The molecule has 1 N–H and O–H groups in total. The highest BCUT2D eigenvalue weighted by Crippen LogP contribution is 2.33. The van der Waals surface area contributed by atoms with Gasteiger partial charge in [-0.1, -0.05) is 34.1 Å². The summed E-state index contributed by atoms with van der Waals surface area (Å²) in [5, 5.41) is 3.96. The third-order valence-electron chi connectivity index (χ3n) is 2.88. The van der Waals surface area contributed by atoms with Crippen molar-refractivity contribution in [3.63, 3.8) is 0 Å². The van der Waals surface area contributed by atoms with Gasteiger partial charge in [-0.25, -0.2) is 5.43 Å².